The normalized spacial score (nSPS) is 13.1. The fraction of sp³-hybridized carbons (Fsp3) is 0.286. The average molecular weight is 366 g/mol. The Kier molecular flexibility index (Phi) is 5.86. The highest BCUT2D eigenvalue weighted by Gasteiger charge is 2.20. The molecule has 0 aliphatic rings. The predicted octanol–water partition coefficient (Wildman–Crippen LogP) is 3.22. The number of ether oxygens (including phenoxy) is 1. The number of carbonyl (C=O) groups is 2. The van der Waals surface area contributed by atoms with Crippen LogP contribution >= 0.6 is 0 Å². The Morgan fingerprint density at radius 1 is 1.07 bits per heavy atom. The lowest BCUT2D eigenvalue weighted by molar-refractivity contribution is -0.154. The molecule has 0 bridgehead atoms. The summed E-state index contributed by atoms with van der Waals surface area (Å²) in [7, 11) is 0. The molecule has 0 aliphatic heterocycles. The van der Waals surface area contributed by atoms with Crippen LogP contribution in [0.5, 0.6) is 0 Å². The monoisotopic (exact) mass is 366 g/mol. The number of hydrogen-bond donors (Lipinski definition) is 1. The van der Waals surface area contributed by atoms with Crippen molar-refractivity contribution < 1.29 is 18.8 Å². The molecule has 3 rings (SSSR count). The smallest absolute Gasteiger partial charge is 0.312 e. The highest BCUT2D eigenvalue weighted by atomic mass is 16.5. The summed E-state index contributed by atoms with van der Waals surface area (Å²) in [6.07, 6.45) is -0.923. The van der Waals surface area contributed by atoms with Crippen LogP contribution in [-0.2, 0) is 20.7 Å². The summed E-state index contributed by atoms with van der Waals surface area (Å²) in [5.74, 6) is -0.677. The number of fused-ring (bicyclic) bond motifs is 1. The van der Waals surface area contributed by atoms with Gasteiger partial charge in [-0.25, -0.2) is 0 Å². The van der Waals surface area contributed by atoms with Crippen molar-refractivity contribution in [1.29, 1.82) is 0 Å². The van der Waals surface area contributed by atoms with Gasteiger partial charge in [0.2, 0.25) is 0 Å². The van der Waals surface area contributed by atoms with Crippen molar-refractivity contribution in [2.75, 3.05) is 6.54 Å². The Hall–Kier alpha value is -3.15. The highest BCUT2D eigenvalue weighted by molar-refractivity contribution is 5.86. The number of hydrogen-bond acceptors (Lipinski definition) is 5. The van der Waals surface area contributed by atoms with E-state index in [1.165, 1.54) is 0 Å². The largest absolute Gasteiger partial charge is 0.452 e. The van der Waals surface area contributed by atoms with E-state index in [1.807, 2.05) is 55.5 Å². The number of nitrogens with zero attached hydrogens (tertiary/aromatic N) is 1. The first-order chi connectivity index (χ1) is 13.0. The van der Waals surface area contributed by atoms with Crippen molar-refractivity contribution in [2.45, 2.75) is 32.3 Å². The summed E-state index contributed by atoms with van der Waals surface area (Å²) in [5, 5.41) is 7.50. The Labute approximate surface area is 157 Å². The van der Waals surface area contributed by atoms with Gasteiger partial charge in [-0.3, -0.25) is 9.59 Å². The third-order valence-corrected chi connectivity index (χ3v) is 4.39. The maximum absolute atomic E-state index is 12.2. The van der Waals surface area contributed by atoms with E-state index in [2.05, 4.69) is 10.5 Å². The quantitative estimate of drug-likeness (QED) is 0.649. The van der Waals surface area contributed by atoms with Crippen molar-refractivity contribution in [3.63, 3.8) is 0 Å². The molecule has 1 heterocycles. The van der Waals surface area contributed by atoms with Gasteiger partial charge in [0.1, 0.15) is 5.69 Å². The number of nitrogens with one attached hydrogen (secondary N) is 1. The van der Waals surface area contributed by atoms with Gasteiger partial charge >= 0.3 is 5.97 Å². The maximum atomic E-state index is 12.2. The molecule has 0 unspecified atom stereocenters. The first-order valence-corrected chi connectivity index (χ1v) is 8.90. The van der Waals surface area contributed by atoms with E-state index in [0.29, 0.717) is 17.8 Å². The Morgan fingerprint density at radius 3 is 2.56 bits per heavy atom. The number of benzene rings is 2. The second-order valence-corrected chi connectivity index (χ2v) is 6.49. The molecule has 1 aromatic heterocycles. The number of esters is 1. The molecule has 0 radical (unpaired) electrons. The highest BCUT2D eigenvalue weighted by Crippen LogP contribution is 2.18. The zero-order valence-corrected chi connectivity index (χ0v) is 15.3. The lowest BCUT2D eigenvalue weighted by atomic mass is 10.0. The van der Waals surface area contributed by atoms with Crippen molar-refractivity contribution in [3.05, 3.63) is 65.9 Å². The average Bonchev–Trinajstić information content (AvgIpc) is 3.09. The summed E-state index contributed by atoms with van der Waals surface area (Å²) in [6, 6.07) is 17.2. The minimum atomic E-state index is -0.876. The van der Waals surface area contributed by atoms with E-state index in [-0.39, 0.29) is 18.2 Å². The molecule has 0 saturated heterocycles. The van der Waals surface area contributed by atoms with Crippen LogP contribution in [0.1, 0.15) is 31.0 Å². The fourth-order valence-corrected chi connectivity index (χ4v) is 2.79. The standard InChI is InChI=1S/C21H22N2O4/c1-14(16-8-4-3-5-9-16)13-22-21(25)15(2)26-20(24)12-18-17-10-6-7-11-19(17)27-23-18/h3-11,14-15H,12-13H2,1-2H3,(H,22,25)/t14-,15-/m0/s1. The molecule has 3 aromatic rings. The Bertz CT molecular complexity index is 920. The molecule has 0 spiro atoms. The molecule has 0 aliphatic carbocycles. The Balaban J connectivity index is 1.49. The van der Waals surface area contributed by atoms with Crippen LogP contribution in [0.4, 0.5) is 0 Å². The van der Waals surface area contributed by atoms with Crippen LogP contribution < -0.4 is 5.32 Å². The molecule has 6 heteroatoms. The van der Waals surface area contributed by atoms with E-state index < -0.39 is 12.1 Å². The van der Waals surface area contributed by atoms with Crippen molar-refractivity contribution in [1.82, 2.24) is 10.5 Å². The lowest BCUT2D eigenvalue weighted by Gasteiger charge is -2.16. The molecule has 6 nitrogen and oxygen atoms in total. The van der Waals surface area contributed by atoms with E-state index >= 15 is 0 Å². The molecule has 1 amide bonds. The summed E-state index contributed by atoms with van der Waals surface area (Å²) in [5.41, 5.74) is 2.25. The number of para-hydroxylation sites is 1. The number of rotatable bonds is 7. The Morgan fingerprint density at radius 2 is 1.78 bits per heavy atom. The van der Waals surface area contributed by atoms with Crippen molar-refractivity contribution in [2.24, 2.45) is 0 Å². The maximum Gasteiger partial charge on any atom is 0.312 e. The fourth-order valence-electron chi connectivity index (χ4n) is 2.79. The van der Waals surface area contributed by atoms with Crippen LogP contribution in [-0.4, -0.2) is 29.7 Å². The van der Waals surface area contributed by atoms with Gasteiger partial charge in [0.15, 0.2) is 11.7 Å². The van der Waals surface area contributed by atoms with Gasteiger partial charge in [-0.1, -0.05) is 54.5 Å². The second-order valence-electron chi connectivity index (χ2n) is 6.49. The van der Waals surface area contributed by atoms with Crippen LogP contribution in [0, 0.1) is 0 Å². The van der Waals surface area contributed by atoms with Gasteiger partial charge in [0.25, 0.3) is 5.91 Å². The minimum Gasteiger partial charge on any atom is -0.452 e. The molecule has 27 heavy (non-hydrogen) atoms. The van der Waals surface area contributed by atoms with E-state index in [4.69, 9.17) is 9.26 Å². The third kappa shape index (κ3) is 4.73. The van der Waals surface area contributed by atoms with Gasteiger partial charge in [0, 0.05) is 11.9 Å². The minimum absolute atomic E-state index is 0.0466. The van der Waals surface area contributed by atoms with Gasteiger partial charge in [-0.05, 0) is 30.5 Å². The van der Waals surface area contributed by atoms with E-state index in [1.54, 1.807) is 13.0 Å². The summed E-state index contributed by atoms with van der Waals surface area (Å²) >= 11 is 0. The summed E-state index contributed by atoms with van der Waals surface area (Å²) < 4.78 is 10.4. The number of amides is 1. The van der Waals surface area contributed by atoms with Crippen molar-refractivity contribution >= 4 is 22.8 Å². The van der Waals surface area contributed by atoms with Gasteiger partial charge in [-0.15, -0.1) is 0 Å². The lowest BCUT2D eigenvalue weighted by Crippen LogP contribution is -2.37. The molecule has 140 valence electrons. The molecular weight excluding hydrogens is 344 g/mol. The zero-order valence-electron chi connectivity index (χ0n) is 15.3. The first-order valence-electron chi connectivity index (χ1n) is 8.90. The topological polar surface area (TPSA) is 81.4 Å². The third-order valence-electron chi connectivity index (χ3n) is 4.39. The molecule has 0 fully saturated rings. The van der Waals surface area contributed by atoms with E-state index in [0.717, 1.165) is 10.9 Å². The molecular formula is C21H22N2O4. The van der Waals surface area contributed by atoms with Crippen LogP contribution in [0.3, 0.4) is 0 Å². The first kappa shape index (κ1) is 18.6. The summed E-state index contributed by atoms with van der Waals surface area (Å²) in [4.78, 5) is 24.4. The molecule has 2 atom stereocenters. The number of carbonyl (C=O) groups excluding carboxylic acids is 2. The molecule has 0 saturated carbocycles. The van der Waals surface area contributed by atoms with Gasteiger partial charge < -0.3 is 14.6 Å². The van der Waals surface area contributed by atoms with Gasteiger partial charge in [-0.2, -0.15) is 0 Å². The second kappa shape index (κ2) is 8.49. The van der Waals surface area contributed by atoms with Crippen LogP contribution in [0.2, 0.25) is 0 Å². The van der Waals surface area contributed by atoms with Crippen LogP contribution in [0.15, 0.2) is 59.1 Å². The number of aromatic nitrogens is 1. The van der Waals surface area contributed by atoms with Crippen molar-refractivity contribution in [3.8, 4) is 0 Å². The molecule has 1 N–H and O–H groups in total. The van der Waals surface area contributed by atoms with Gasteiger partial charge in [0.05, 0.1) is 6.42 Å². The van der Waals surface area contributed by atoms with E-state index in [9.17, 15) is 9.59 Å². The predicted molar refractivity (Wildman–Crippen MR) is 101 cm³/mol. The molecule has 2 aromatic carbocycles. The zero-order chi connectivity index (χ0) is 19.2. The summed E-state index contributed by atoms with van der Waals surface area (Å²) in [6.45, 7) is 4.06. The SMILES string of the molecule is C[C@H](OC(=O)Cc1noc2ccccc12)C(=O)NC[C@H](C)c1ccccc1. The van der Waals surface area contributed by atoms with Crippen LogP contribution in [0.25, 0.3) is 11.0 Å².